The fourth-order valence-corrected chi connectivity index (χ4v) is 3.59. The van der Waals surface area contributed by atoms with Crippen molar-refractivity contribution in [2.24, 2.45) is 0 Å². The third kappa shape index (κ3) is 4.42. The number of ether oxygens (including phenoxy) is 1. The van der Waals surface area contributed by atoms with Crippen molar-refractivity contribution in [3.8, 4) is 5.75 Å². The number of nitrogens with zero attached hydrogens (tertiary/aromatic N) is 1. The number of aromatic nitrogens is 2. The number of halogens is 1. The van der Waals surface area contributed by atoms with Crippen LogP contribution in [0.5, 0.6) is 5.75 Å². The summed E-state index contributed by atoms with van der Waals surface area (Å²) in [5.41, 5.74) is 1.55. The van der Waals surface area contributed by atoms with E-state index in [0.29, 0.717) is 22.1 Å². The van der Waals surface area contributed by atoms with Gasteiger partial charge in [-0.1, -0.05) is 17.7 Å². The van der Waals surface area contributed by atoms with Gasteiger partial charge in [0.2, 0.25) is 17.8 Å². The molecule has 0 radical (unpaired) electrons. The quantitative estimate of drug-likeness (QED) is 0.468. The first-order valence-corrected chi connectivity index (χ1v) is 10.1. The van der Waals surface area contributed by atoms with Gasteiger partial charge in [-0.2, -0.15) is 4.98 Å². The first kappa shape index (κ1) is 21.4. The van der Waals surface area contributed by atoms with Crippen LogP contribution in [0.1, 0.15) is 23.5 Å². The highest BCUT2D eigenvalue weighted by Gasteiger charge is 2.35. The first-order valence-electron chi connectivity index (χ1n) is 9.76. The lowest BCUT2D eigenvalue weighted by atomic mass is 9.92. The highest BCUT2D eigenvalue weighted by atomic mass is 35.5. The molecule has 32 heavy (non-hydrogen) atoms. The molecule has 1 atom stereocenters. The van der Waals surface area contributed by atoms with Gasteiger partial charge >= 0.3 is 0 Å². The molecule has 2 aromatic carbocycles. The minimum Gasteiger partial charge on any atom is -0.497 e. The number of hydrogen-bond donors (Lipinski definition) is 4. The van der Waals surface area contributed by atoms with Crippen molar-refractivity contribution in [1.82, 2.24) is 9.97 Å². The molecule has 0 unspecified atom stereocenters. The van der Waals surface area contributed by atoms with Gasteiger partial charge in [-0.25, -0.2) is 0 Å². The molecule has 1 aromatic heterocycles. The van der Waals surface area contributed by atoms with Crippen LogP contribution >= 0.6 is 11.6 Å². The van der Waals surface area contributed by atoms with Gasteiger partial charge in [-0.05, 0) is 48.9 Å². The van der Waals surface area contributed by atoms with Crippen molar-refractivity contribution in [3.63, 3.8) is 0 Å². The molecule has 2 amide bonds. The van der Waals surface area contributed by atoms with Crippen molar-refractivity contribution in [3.05, 3.63) is 69.0 Å². The van der Waals surface area contributed by atoms with Gasteiger partial charge in [0, 0.05) is 22.8 Å². The summed E-state index contributed by atoms with van der Waals surface area (Å²) in [5.74, 6) is -1.04. The number of carbonyl (C=O) groups is 2. The van der Waals surface area contributed by atoms with Crippen LogP contribution in [0.25, 0.3) is 0 Å². The zero-order valence-corrected chi connectivity index (χ0v) is 18.0. The minimum absolute atomic E-state index is 0.0453. The maximum absolute atomic E-state index is 13.0. The number of benzene rings is 2. The largest absolute Gasteiger partial charge is 0.497 e. The van der Waals surface area contributed by atoms with E-state index >= 15 is 0 Å². The van der Waals surface area contributed by atoms with Gasteiger partial charge in [0.05, 0.1) is 18.6 Å². The van der Waals surface area contributed by atoms with Crippen LogP contribution in [0, 0.1) is 6.92 Å². The topological polar surface area (TPSA) is 125 Å². The molecule has 0 saturated heterocycles. The minimum atomic E-state index is -0.997. The summed E-state index contributed by atoms with van der Waals surface area (Å²) < 4.78 is 5.12. The van der Waals surface area contributed by atoms with Crippen molar-refractivity contribution >= 4 is 46.6 Å². The summed E-state index contributed by atoms with van der Waals surface area (Å²) in [6.45, 7) is 1.82. The second-order valence-corrected chi connectivity index (χ2v) is 7.72. The lowest BCUT2D eigenvalue weighted by Crippen LogP contribution is -2.36. The number of anilines is 4. The number of aromatic amines is 1. The Hall–Kier alpha value is -3.85. The first-order chi connectivity index (χ1) is 15.3. The molecule has 1 aliphatic rings. The SMILES string of the molecule is COc1ccc(Nc2nc3c(c(=O)[nH]2)[C@H](C(=O)Nc2cc(Cl)ccc2C)CC(=O)N3)cc1. The molecule has 1 aliphatic heterocycles. The van der Waals surface area contributed by atoms with Crippen LogP contribution in [0.4, 0.5) is 23.1 Å². The highest BCUT2D eigenvalue weighted by molar-refractivity contribution is 6.31. The number of aryl methyl sites for hydroxylation is 1. The number of carbonyl (C=O) groups excluding carboxylic acids is 2. The molecule has 4 rings (SSSR count). The van der Waals surface area contributed by atoms with Crippen molar-refractivity contribution in [2.45, 2.75) is 19.3 Å². The van der Waals surface area contributed by atoms with Crippen LogP contribution < -0.4 is 26.2 Å². The van der Waals surface area contributed by atoms with Crippen LogP contribution in [-0.2, 0) is 9.59 Å². The monoisotopic (exact) mass is 453 g/mol. The Morgan fingerprint density at radius 3 is 2.66 bits per heavy atom. The highest BCUT2D eigenvalue weighted by Crippen LogP contribution is 2.31. The zero-order valence-electron chi connectivity index (χ0n) is 17.3. The Morgan fingerprint density at radius 1 is 1.19 bits per heavy atom. The van der Waals surface area contributed by atoms with Gasteiger partial charge in [-0.3, -0.25) is 19.4 Å². The summed E-state index contributed by atoms with van der Waals surface area (Å²) in [7, 11) is 1.56. The van der Waals surface area contributed by atoms with E-state index in [4.69, 9.17) is 16.3 Å². The normalized spacial score (nSPS) is 14.8. The van der Waals surface area contributed by atoms with E-state index in [9.17, 15) is 14.4 Å². The molecule has 0 fully saturated rings. The molecule has 0 bridgehead atoms. The molecule has 9 nitrogen and oxygen atoms in total. The number of hydrogen-bond acceptors (Lipinski definition) is 6. The third-order valence-corrected chi connectivity index (χ3v) is 5.31. The number of fused-ring (bicyclic) bond motifs is 1. The van der Waals surface area contributed by atoms with Gasteiger partial charge in [-0.15, -0.1) is 0 Å². The average Bonchev–Trinajstić information content (AvgIpc) is 2.76. The lowest BCUT2D eigenvalue weighted by molar-refractivity contribution is -0.123. The number of amides is 2. The molecule has 2 heterocycles. The Balaban J connectivity index is 1.63. The predicted molar refractivity (Wildman–Crippen MR) is 122 cm³/mol. The molecule has 3 aromatic rings. The number of H-pyrrole nitrogens is 1. The van der Waals surface area contributed by atoms with E-state index in [0.717, 1.165) is 5.56 Å². The molecule has 10 heteroatoms. The molecule has 0 spiro atoms. The number of methoxy groups -OCH3 is 1. The van der Waals surface area contributed by atoms with E-state index < -0.39 is 23.3 Å². The standard InChI is InChI=1S/C22H20ClN5O4/c1-11-3-4-12(23)9-16(11)25-20(30)15-10-17(29)26-19-18(15)21(31)28-22(27-19)24-13-5-7-14(32-2)8-6-13/h3-9,15H,10H2,1-2H3,(H,25,30)(H3,24,26,27,28,29,31)/t15-/m1/s1. The van der Waals surface area contributed by atoms with Crippen molar-refractivity contribution in [2.75, 3.05) is 23.1 Å². The Bertz CT molecular complexity index is 1260. The van der Waals surface area contributed by atoms with Gasteiger partial charge in [0.1, 0.15) is 11.6 Å². The Labute approximate surface area is 188 Å². The molecule has 4 N–H and O–H groups in total. The molecule has 0 aliphatic carbocycles. The number of nitrogens with one attached hydrogen (secondary N) is 4. The van der Waals surface area contributed by atoms with Gasteiger partial charge in [0.25, 0.3) is 5.56 Å². The molecular weight excluding hydrogens is 434 g/mol. The number of rotatable bonds is 5. The second kappa shape index (κ2) is 8.72. The predicted octanol–water partition coefficient (Wildman–Crippen LogP) is 3.55. The average molecular weight is 454 g/mol. The fourth-order valence-electron chi connectivity index (χ4n) is 3.41. The van der Waals surface area contributed by atoms with E-state index in [2.05, 4.69) is 25.9 Å². The van der Waals surface area contributed by atoms with Crippen LogP contribution in [0.3, 0.4) is 0 Å². The maximum atomic E-state index is 13.0. The van der Waals surface area contributed by atoms with Crippen LogP contribution in [0.2, 0.25) is 5.02 Å². The van der Waals surface area contributed by atoms with E-state index in [1.165, 1.54) is 0 Å². The molecule has 0 saturated carbocycles. The van der Waals surface area contributed by atoms with E-state index in [-0.39, 0.29) is 23.8 Å². The smallest absolute Gasteiger partial charge is 0.258 e. The van der Waals surface area contributed by atoms with Crippen LogP contribution in [0.15, 0.2) is 47.3 Å². The summed E-state index contributed by atoms with van der Waals surface area (Å²) in [5, 5.41) is 8.78. The summed E-state index contributed by atoms with van der Waals surface area (Å²) in [6.07, 6.45) is -0.172. The fraction of sp³-hybridized carbons (Fsp3) is 0.182. The summed E-state index contributed by atoms with van der Waals surface area (Å²) >= 11 is 6.02. The Morgan fingerprint density at radius 2 is 1.94 bits per heavy atom. The summed E-state index contributed by atoms with van der Waals surface area (Å²) in [4.78, 5) is 45.1. The van der Waals surface area contributed by atoms with Crippen LogP contribution in [-0.4, -0.2) is 28.9 Å². The second-order valence-electron chi connectivity index (χ2n) is 7.28. The van der Waals surface area contributed by atoms with Gasteiger partial charge < -0.3 is 20.7 Å². The van der Waals surface area contributed by atoms with Crippen molar-refractivity contribution < 1.29 is 14.3 Å². The molecule has 164 valence electrons. The lowest BCUT2D eigenvalue weighted by Gasteiger charge is -2.24. The third-order valence-electron chi connectivity index (χ3n) is 5.08. The Kier molecular flexibility index (Phi) is 5.83. The molecular formula is C22H20ClN5O4. The summed E-state index contributed by atoms with van der Waals surface area (Å²) in [6, 6.07) is 12.1. The van der Waals surface area contributed by atoms with Gasteiger partial charge in [0.15, 0.2) is 0 Å². The maximum Gasteiger partial charge on any atom is 0.258 e. The van der Waals surface area contributed by atoms with E-state index in [1.807, 2.05) is 6.92 Å². The van der Waals surface area contributed by atoms with Crippen molar-refractivity contribution in [1.29, 1.82) is 0 Å². The van der Waals surface area contributed by atoms with E-state index in [1.54, 1.807) is 49.6 Å². The zero-order chi connectivity index (χ0) is 22.8.